The number of methoxy groups -OCH3 is 1. The standard InChI is InChI=1S/C20H20FNO5/c1-26-20(25)18(23)13-19(24)22(14-15-7-9-16(21)10-8-15)11-12-27-17-5-3-2-4-6-17/h2-10H,11-14H2,1H3. The Morgan fingerprint density at radius 3 is 2.30 bits per heavy atom. The molecule has 0 N–H and O–H groups in total. The number of ether oxygens (including phenoxy) is 2. The van der Waals surface area contributed by atoms with Crippen LogP contribution in [0.4, 0.5) is 4.39 Å². The molecule has 0 radical (unpaired) electrons. The Morgan fingerprint density at radius 2 is 1.67 bits per heavy atom. The van der Waals surface area contributed by atoms with Crippen molar-refractivity contribution in [3.05, 3.63) is 66.0 Å². The number of benzene rings is 2. The highest BCUT2D eigenvalue weighted by atomic mass is 19.1. The van der Waals surface area contributed by atoms with Gasteiger partial charge in [0.25, 0.3) is 0 Å². The molecular weight excluding hydrogens is 353 g/mol. The molecule has 0 saturated carbocycles. The van der Waals surface area contributed by atoms with E-state index in [1.165, 1.54) is 17.0 Å². The maximum atomic E-state index is 13.1. The Bertz CT molecular complexity index is 777. The summed E-state index contributed by atoms with van der Waals surface area (Å²) < 4.78 is 23.0. The first-order valence-corrected chi connectivity index (χ1v) is 8.31. The minimum Gasteiger partial charge on any atom is -0.492 e. The Kier molecular flexibility index (Phi) is 7.49. The van der Waals surface area contributed by atoms with Crippen molar-refractivity contribution in [3.63, 3.8) is 0 Å². The molecule has 6 nitrogen and oxygen atoms in total. The van der Waals surface area contributed by atoms with Crippen molar-refractivity contribution >= 4 is 17.7 Å². The van der Waals surface area contributed by atoms with Crippen molar-refractivity contribution < 1.29 is 28.2 Å². The van der Waals surface area contributed by atoms with Crippen LogP contribution in [0.5, 0.6) is 5.75 Å². The lowest BCUT2D eigenvalue weighted by Crippen LogP contribution is -2.36. The van der Waals surface area contributed by atoms with Gasteiger partial charge in [0.05, 0.1) is 20.1 Å². The molecule has 0 fully saturated rings. The van der Waals surface area contributed by atoms with E-state index < -0.39 is 24.1 Å². The molecule has 142 valence electrons. The number of ketones is 1. The van der Waals surface area contributed by atoms with Gasteiger partial charge in [-0.05, 0) is 29.8 Å². The molecule has 7 heteroatoms. The maximum absolute atomic E-state index is 13.1. The molecule has 0 saturated heterocycles. The Morgan fingerprint density at radius 1 is 1.00 bits per heavy atom. The SMILES string of the molecule is COC(=O)C(=O)CC(=O)N(CCOc1ccccc1)Cc1ccc(F)cc1. The fraction of sp³-hybridized carbons (Fsp3) is 0.250. The molecule has 2 rings (SSSR count). The number of carbonyl (C=O) groups excluding carboxylic acids is 3. The summed E-state index contributed by atoms with van der Waals surface area (Å²) in [4.78, 5) is 36.8. The molecule has 0 atom stereocenters. The van der Waals surface area contributed by atoms with Gasteiger partial charge in [0.2, 0.25) is 11.7 Å². The van der Waals surface area contributed by atoms with E-state index in [-0.39, 0.29) is 25.5 Å². The third-order valence-corrected chi connectivity index (χ3v) is 3.74. The molecule has 0 unspecified atom stereocenters. The molecular formula is C20H20FNO5. The van der Waals surface area contributed by atoms with Crippen LogP contribution in [-0.2, 0) is 25.7 Å². The smallest absolute Gasteiger partial charge is 0.374 e. The molecule has 2 aromatic rings. The van der Waals surface area contributed by atoms with Crippen LogP contribution in [0.2, 0.25) is 0 Å². The van der Waals surface area contributed by atoms with Gasteiger partial charge < -0.3 is 14.4 Å². The van der Waals surface area contributed by atoms with Crippen molar-refractivity contribution in [1.29, 1.82) is 0 Å². The number of hydrogen-bond acceptors (Lipinski definition) is 5. The zero-order chi connectivity index (χ0) is 19.6. The van der Waals surface area contributed by atoms with Crippen LogP contribution in [-0.4, -0.2) is 42.8 Å². The van der Waals surface area contributed by atoms with Gasteiger partial charge >= 0.3 is 5.97 Å². The van der Waals surface area contributed by atoms with E-state index in [0.717, 1.165) is 7.11 Å². The molecule has 0 aromatic heterocycles. The number of carbonyl (C=O) groups is 3. The van der Waals surface area contributed by atoms with Crippen LogP contribution in [0.25, 0.3) is 0 Å². The van der Waals surface area contributed by atoms with Crippen molar-refractivity contribution in [2.45, 2.75) is 13.0 Å². The van der Waals surface area contributed by atoms with Gasteiger partial charge in [-0.3, -0.25) is 9.59 Å². The molecule has 0 spiro atoms. The minimum absolute atomic E-state index is 0.158. The molecule has 0 aliphatic rings. The van der Waals surface area contributed by atoms with Crippen molar-refractivity contribution in [3.8, 4) is 5.75 Å². The molecule has 0 heterocycles. The normalized spacial score (nSPS) is 10.1. The lowest BCUT2D eigenvalue weighted by molar-refractivity contribution is -0.153. The number of amides is 1. The van der Waals surface area contributed by atoms with Gasteiger partial charge in [-0.15, -0.1) is 0 Å². The number of Topliss-reactive ketones (excluding diaryl/α,β-unsaturated/α-hetero) is 1. The first-order valence-electron chi connectivity index (χ1n) is 8.31. The topological polar surface area (TPSA) is 72.9 Å². The lowest BCUT2D eigenvalue weighted by Gasteiger charge is -2.22. The van der Waals surface area contributed by atoms with Gasteiger partial charge in [-0.1, -0.05) is 30.3 Å². The summed E-state index contributed by atoms with van der Waals surface area (Å²) in [7, 11) is 1.08. The summed E-state index contributed by atoms with van der Waals surface area (Å²) in [5, 5.41) is 0. The van der Waals surface area contributed by atoms with E-state index in [9.17, 15) is 18.8 Å². The van der Waals surface area contributed by atoms with Crippen LogP contribution in [0, 0.1) is 5.82 Å². The fourth-order valence-corrected chi connectivity index (χ4v) is 2.33. The predicted octanol–water partition coefficient (Wildman–Crippen LogP) is 2.37. The van der Waals surface area contributed by atoms with Crippen LogP contribution in [0.1, 0.15) is 12.0 Å². The molecule has 2 aromatic carbocycles. The average molecular weight is 373 g/mol. The summed E-state index contributed by atoms with van der Waals surface area (Å²) in [5.74, 6) is -2.25. The molecule has 0 bridgehead atoms. The van der Waals surface area contributed by atoms with Crippen LogP contribution in [0.3, 0.4) is 0 Å². The van der Waals surface area contributed by atoms with E-state index in [0.29, 0.717) is 11.3 Å². The Labute approximate surface area is 156 Å². The first kappa shape index (κ1) is 20.1. The highest BCUT2D eigenvalue weighted by Crippen LogP contribution is 2.11. The molecule has 0 aliphatic heterocycles. The molecule has 1 amide bonds. The van der Waals surface area contributed by atoms with Gasteiger partial charge in [0.15, 0.2) is 0 Å². The summed E-state index contributed by atoms with van der Waals surface area (Å²) in [6.07, 6.45) is -0.598. The minimum atomic E-state index is -1.06. The van der Waals surface area contributed by atoms with E-state index >= 15 is 0 Å². The predicted molar refractivity (Wildman–Crippen MR) is 95.4 cm³/mol. The monoisotopic (exact) mass is 373 g/mol. The number of para-hydroxylation sites is 1. The third-order valence-electron chi connectivity index (χ3n) is 3.74. The van der Waals surface area contributed by atoms with Gasteiger partial charge in [-0.25, -0.2) is 9.18 Å². The first-order chi connectivity index (χ1) is 13.0. The number of esters is 1. The van der Waals surface area contributed by atoms with E-state index in [2.05, 4.69) is 4.74 Å². The van der Waals surface area contributed by atoms with E-state index in [1.807, 2.05) is 18.2 Å². The summed E-state index contributed by atoms with van der Waals surface area (Å²) in [6, 6.07) is 14.8. The highest BCUT2D eigenvalue weighted by molar-refractivity contribution is 6.36. The van der Waals surface area contributed by atoms with Gasteiger partial charge in [0.1, 0.15) is 18.2 Å². The quantitative estimate of drug-likeness (QED) is 0.383. The number of nitrogens with zero attached hydrogens (tertiary/aromatic N) is 1. The second kappa shape index (κ2) is 10.1. The zero-order valence-electron chi connectivity index (χ0n) is 14.9. The van der Waals surface area contributed by atoms with E-state index in [4.69, 9.17) is 4.74 Å². The zero-order valence-corrected chi connectivity index (χ0v) is 14.9. The van der Waals surface area contributed by atoms with Gasteiger partial charge in [0, 0.05) is 6.54 Å². The molecule has 0 aliphatic carbocycles. The van der Waals surface area contributed by atoms with Gasteiger partial charge in [-0.2, -0.15) is 0 Å². The van der Waals surface area contributed by atoms with Crippen LogP contribution >= 0.6 is 0 Å². The summed E-state index contributed by atoms with van der Waals surface area (Å²) in [5.41, 5.74) is 0.690. The van der Waals surface area contributed by atoms with Crippen molar-refractivity contribution in [2.24, 2.45) is 0 Å². The van der Waals surface area contributed by atoms with Crippen molar-refractivity contribution in [2.75, 3.05) is 20.3 Å². The average Bonchev–Trinajstić information content (AvgIpc) is 2.68. The Balaban J connectivity index is 2.02. The second-order valence-electron chi connectivity index (χ2n) is 5.69. The number of halogens is 1. The summed E-state index contributed by atoms with van der Waals surface area (Å²) in [6.45, 7) is 0.550. The second-order valence-corrected chi connectivity index (χ2v) is 5.69. The fourth-order valence-electron chi connectivity index (χ4n) is 2.33. The Hall–Kier alpha value is -3.22. The van der Waals surface area contributed by atoms with Crippen LogP contribution < -0.4 is 4.74 Å². The lowest BCUT2D eigenvalue weighted by atomic mass is 10.2. The van der Waals surface area contributed by atoms with Crippen molar-refractivity contribution in [1.82, 2.24) is 4.90 Å². The summed E-state index contributed by atoms with van der Waals surface area (Å²) >= 11 is 0. The number of rotatable bonds is 9. The number of hydrogen-bond donors (Lipinski definition) is 0. The van der Waals surface area contributed by atoms with Crippen LogP contribution in [0.15, 0.2) is 54.6 Å². The third kappa shape index (κ3) is 6.54. The van der Waals surface area contributed by atoms with E-state index in [1.54, 1.807) is 24.3 Å². The molecule has 27 heavy (non-hydrogen) atoms. The highest BCUT2D eigenvalue weighted by Gasteiger charge is 2.23. The maximum Gasteiger partial charge on any atom is 0.374 e. The largest absolute Gasteiger partial charge is 0.492 e.